The van der Waals surface area contributed by atoms with E-state index in [9.17, 15) is 0 Å². The van der Waals surface area contributed by atoms with Gasteiger partial charge in [-0.05, 0) is 30.2 Å². The molecule has 21 heavy (non-hydrogen) atoms. The number of benzene rings is 2. The fourth-order valence-corrected chi connectivity index (χ4v) is 3.31. The van der Waals surface area contributed by atoms with Gasteiger partial charge in [0.1, 0.15) is 0 Å². The molecule has 1 saturated heterocycles. The van der Waals surface area contributed by atoms with Crippen LogP contribution in [0.1, 0.15) is 17.2 Å². The average Bonchev–Trinajstić information content (AvgIpc) is 2.52. The predicted molar refractivity (Wildman–Crippen MR) is 90.6 cm³/mol. The van der Waals surface area contributed by atoms with E-state index in [2.05, 4.69) is 34.5 Å². The molecule has 0 saturated carbocycles. The summed E-state index contributed by atoms with van der Waals surface area (Å²) in [5.41, 5.74) is 3.32. The third-order valence-corrected chi connectivity index (χ3v) is 4.68. The Balaban J connectivity index is 2.00. The van der Waals surface area contributed by atoms with Crippen LogP contribution in [0.25, 0.3) is 0 Å². The van der Waals surface area contributed by atoms with Gasteiger partial charge in [-0.15, -0.1) is 0 Å². The molecule has 2 aromatic carbocycles. The molecule has 110 valence electrons. The van der Waals surface area contributed by atoms with Crippen molar-refractivity contribution in [2.75, 3.05) is 24.5 Å². The quantitative estimate of drug-likeness (QED) is 0.879. The first-order valence-electron chi connectivity index (χ1n) is 7.15. The highest BCUT2D eigenvalue weighted by Crippen LogP contribution is 2.36. The molecule has 0 radical (unpaired) electrons. The zero-order valence-electron chi connectivity index (χ0n) is 11.9. The van der Waals surface area contributed by atoms with Gasteiger partial charge in [0.15, 0.2) is 0 Å². The minimum absolute atomic E-state index is 0.274. The Labute approximate surface area is 135 Å². The number of hydrogen-bond acceptors (Lipinski definition) is 2. The lowest BCUT2D eigenvalue weighted by Crippen LogP contribution is -2.46. The highest BCUT2D eigenvalue weighted by atomic mass is 35.5. The third-order valence-electron chi connectivity index (χ3n) is 3.97. The molecule has 4 heteroatoms. The van der Waals surface area contributed by atoms with E-state index in [1.165, 1.54) is 5.56 Å². The lowest BCUT2D eigenvalue weighted by atomic mass is 10.0. The van der Waals surface area contributed by atoms with Crippen molar-refractivity contribution in [3.63, 3.8) is 0 Å². The zero-order valence-corrected chi connectivity index (χ0v) is 13.5. The summed E-state index contributed by atoms with van der Waals surface area (Å²) in [5, 5.41) is 4.99. The van der Waals surface area contributed by atoms with Gasteiger partial charge in [-0.2, -0.15) is 0 Å². The van der Waals surface area contributed by atoms with Crippen LogP contribution in [0, 0.1) is 6.92 Å². The van der Waals surface area contributed by atoms with E-state index in [0.29, 0.717) is 0 Å². The molecular formula is C17H18Cl2N2. The monoisotopic (exact) mass is 320 g/mol. The number of nitrogens with zero attached hydrogens (tertiary/aromatic N) is 1. The summed E-state index contributed by atoms with van der Waals surface area (Å²) in [6.45, 7) is 4.75. The van der Waals surface area contributed by atoms with Crippen molar-refractivity contribution in [2.24, 2.45) is 0 Å². The first-order chi connectivity index (χ1) is 10.2. The zero-order chi connectivity index (χ0) is 14.8. The summed E-state index contributed by atoms with van der Waals surface area (Å²) < 4.78 is 0. The summed E-state index contributed by atoms with van der Waals surface area (Å²) in [4.78, 5) is 2.35. The van der Waals surface area contributed by atoms with Crippen LogP contribution < -0.4 is 10.2 Å². The van der Waals surface area contributed by atoms with Crippen molar-refractivity contribution in [1.82, 2.24) is 5.32 Å². The van der Waals surface area contributed by atoms with Crippen LogP contribution in [0.5, 0.6) is 0 Å². The Hall–Kier alpha value is -1.22. The van der Waals surface area contributed by atoms with Gasteiger partial charge in [0.25, 0.3) is 0 Å². The lowest BCUT2D eigenvalue weighted by Gasteiger charge is -2.39. The van der Waals surface area contributed by atoms with Gasteiger partial charge in [-0.1, -0.05) is 53.5 Å². The van der Waals surface area contributed by atoms with Crippen molar-refractivity contribution < 1.29 is 0 Å². The van der Waals surface area contributed by atoms with Gasteiger partial charge < -0.3 is 10.2 Å². The largest absolute Gasteiger partial charge is 0.361 e. The highest BCUT2D eigenvalue weighted by molar-refractivity contribution is 6.35. The van der Waals surface area contributed by atoms with E-state index >= 15 is 0 Å². The smallest absolute Gasteiger partial charge is 0.0668 e. The van der Waals surface area contributed by atoms with Crippen LogP contribution in [0.4, 0.5) is 5.69 Å². The standard InChI is InChI=1S/C17H18Cl2N2/c1-12-9-15(19)16(10-14(12)18)21-8-7-20-11-17(21)13-5-3-2-4-6-13/h2-6,9-10,17,20H,7-8,11H2,1H3. The second kappa shape index (κ2) is 6.27. The van der Waals surface area contributed by atoms with Crippen molar-refractivity contribution in [1.29, 1.82) is 0 Å². The van der Waals surface area contributed by atoms with Gasteiger partial charge in [-0.25, -0.2) is 0 Å². The SMILES string of the molecule is Cc1cc(Cl)c(N2CCNCC2c2ccccc2)cc1Cl. The van der Waals surface area contributed by atoms with Crippen LogP contribution in [0.15, 0.2) is 42.5 Å². The Bertz CT molecular complexity index is 628. The molecule has 1 unspecified atom stereocenters. The Morgan fingerprint density at radius 1 is 1.10 bits per heavy atom. The topological polar surface area (TPSA) is 15.3 Å². The Kier molecular flexibility index (Phi) is 4.39. The van der Waals surface area contributed by atoms with E-state index in [4.69, 9.17) is 23.2 Å². The average molecular weight is 321 g/mol. The predicted octanol–water partition coefficient (Wildman–Crippen LogP) is 4.45. The second-order valence-electron chi connectivity index (χ2n) is 5.38. The summed E-state index contributed by atoms with van der Waals surface area (Å²) in [5.74, 6) is 0. The molecule has 0 aliphatic carbocycles. The van der Waals surface area contributed by atoms with Crippen molar-refractivity contribution in [3.05, 3.63) is 63.6 Å². The number of hydrogen-bond donors (Lipinski definition) is 1. The summed E-state index contributed by atoms with van der Waals surface area (Å²) in [7, 11) is 0. The van der Waals surface area contributed by atoms with E-state index < -0.39 is 0 Å². The van der Waals surface area contributed by atoms with Gasteiger partial charge >= 0.3 is 0 Å². The fraction of sp³-hybridized carbons (Fsp3) is 0.294. The molecule has 0 spiro atoms. The molecule has 0 amide bonds. The van der Waals surface area contributed by atoms with Crippen LogP contribution >= 0.6 is 23.2 Å². The molecule has 1 heterocycles. The van der Waals surface area contributed by atoms with E-state index in [1.54, 1.807) is 0 Å². The van der Waals surface area contributed by atoms with Crippen LogP contribution in [-0.4, -0.2) is 19.6 Å². The first-order valence-corrected chi connectivity index (χ1v) is 7.90. The lowest BCUT2D eigenvalue weighted by molar-refractivity contribution is 0.490. The van der Waals surface area contributed by atoms with Crippen molar-refractivity contribution >= 4 is 28.9 Å². The molecular weight excluding hydrogens is 303 g/mol. The van der Waals surface area contributed by atoms with Crippen molar-refractivity contribution in [3.8, 4) is 0 Å². The molecule has 0 aromatic heterocycles. The van der Waals surface area contributed by atoms with E-state index in [0.717, 1.165) is 40.9 Å². The van der Waals surface area contributed by atoms with E-state index in [1.807, 2.05) is 25.1 Å². The molecule has 1 fully saturated rings. The maximum atomic E-state index is 6.47. The number of piperazine rings is 1. The minimum atomic E-state index is 0.274. The molecule has 1 atom stereocenters. The minimum Gasteiger partial charge on any atom is -0.361 e. The Morgan fingerprint density at radius 3 is 2.62 bits per heavy atom. The number of aryl methyl sites for hydroxylation is 1. The van der Waals surface area contributed by atoms with Gasteiger partial charge in [0, 0.05) is 24.7 Å². The highest BCUT2D eigenvalue weighted by Gasteiger charge is 2.25. The van der Waals surface area contributed by atoms with Gasteiger partial charge in [0.05, 0.1) is 16.8 Å². The number of rotatable bonds is 2. The van der Waals surface area contributed by atoms with Gasteiger partial charge in [-0.3, -0.25) is 0 Å². The molecule has 1 aliphatic heterocycles. The Morgan fingerprint density at radius 2 is 1.86 bits per heavy atom. The van der Waals surface area contributed by atoms with Gasteiger partial charge in [0.2, 0.25) is 0 Å². The van der Waals surface area contributed by atoms with Crippen LogP contribution in [0.2, 0.25) is 10.0 Å². The maximum Gasteiger partial charge on any atom is 0.0668 e. The number of halogens is 2. The normalized spacial score (nSPS) is 18.8. The van der Waals surface area contributed by atoms with Crippen LogP contribution in [0.3, 0.4) is 0 Å². The molecule has 2 aromatic rings. The van der Waals surface area contributed by atoms with Crippen molar-refractivity contribution in [2.45, 2.75) is 13.0 Å². The maximum absolute atomic E-state index is 6.47. The molecule has 1 aliphatic rings. The number of nitrogens with one attached hydrogen (secondary N) is 1. The number of anilines is 1. The molecule has 2 nitrogen and oxygen atoms in total. The summed E-state index contributed by atoms with van der Waals surface area (Å²) >= 11 is 12.8. The third kappa shape index (κ3) is 3.03. The molecule has 0 bridgehead atoms. The van der Waals surface area contributed by atoms with E-state index in [-0.39, 0.29) is 6.04 Å². The van der Waals surface area contributed by atoms with Crippen LogP contribution in [-0.2, 0) is 0 Å². The summed E-state index contributed by atoms with van der Waals surface area (Å²) in [6, 6.07) is 14.7. The molecule has 1 N–H and O–H groups in total. The summed E-state index contributed by atoms with van der Waals surface area (Å²) in [6.07, 6.45) is 0. The first kappa shape index (κ1) is 14.7. The second-order valence-corrected chi connectivity index (χ2v) is 6.19. The fourth-order valence-electron chi connectivity index (χ4n) is 2.82. The molecule has 3 rings (SSSR count).